The zero-order valence-electron chi connectivity index (χ0n) is 12.4. The number of nitrogens with one attached hydrogen (secondary N) is 2. The number of anilines is 1. The summed E-state index contributed by atoms with van der Waals surface area (Å²) in [7, 11) is 0. The van der Waals surface area contributed by atoms with Gasteiger partial charge >= 0.3 is 0 Å². The molecule has 21 heavy (non-hydrogen) atoms. The number of amides is 1. The van der Waals surface area contributed by atoms with Crippen LogP contribution in [0, 0.1) is 22.0 Å². The molecule has 1 aliphatic carbocycles. The Morgan fingerprint density at radius 1 is 1.48 bits per heavy atom. The number of nitro benzene ring substituents is 1. The van der Waals surface area contributed by atoms with Crippen molar-refractivity contribution >= 4 is 17.3 Å². The highest BCUT2D eigenvalue weighted by molar-refractivity contribution is 5.95. The number of carbonyl (C=O) groups excluding carboxylic acids is 1. The molecule has 0 bridgehead atoms. The first-order chi connectivity index (χ1) is 10.0. The number of carbonyl (C=O) groups is 1. The standard InChI is InChI=1S/C15H21N3O3/c1-3-16-13-7-6-12(8-14(13)18(20)21)15(19)17-9-10(2)11-4-5-11/h6-8,10-11,16H,3-5,9H2,1-2H3,(H,17,19). The third-order valence-electron chi connectivity index (χ3n) is 3.84. The van der Waals surface area contributed by atoms with Crippen molar-refractivity contribution in [2.45, 2.75) is 26.7 Å². The lowest BCUT2D eigenvalue weighted by atomic mass is 10.1. The van der Waals surface area contributed by atoms with Crippen molar-refractivity contribution < 1.29 is 9.72 Å². The number of benzene rings is 1. The van der Waals surface area contributed by atoms with E-state index in [4.69, 9.17) is 0 Å². The van der Waals surface area contributed by atoms with E-state index in [1.807, 2.05) is 6.92 Å². The number of nitrogens with zero attached hydrogens (tertiary/aromatic N) is 1. The lowest BCUT2D eigenvalue weighted by Crippen LogP contribution is -2.29. The van der Waals surface area contributed by atoms with E-state index >= 15 is 0 Å². The molecule has 1 unspecified atom stereocenters. The Hall–Kier alpha value is -2.11. The van der Waals surface area contributed by atoms with Gasteiger partial charge in [-0.2, -0.15) is 0 Å². The summed E-state index contributed by atoms with van der Waals surface area (Å²) in [5, 5.41) is 16.8. The molecule has 0 radical (unpaired) electrons. The summed E-state index contributed by atoms with van der Waals surface area (Å²) in [4.78, 5) is 22.7. The predicted molar refractivity (Wildman–Crippen MR) is 81.5 cm³/mol. The molecular weight excluding hydrogens is 270 g/mol. The molecule has 2 N–H and O–H groups in total. The van der Waals surface area contributed by atoms with Crippen molar-refractivity contribution in [1.29, 1.82) is 0 Å². The van der Waals surface area contributed by atoms with E-state index < -0.39 is 4.92 Å². The minimum absolute atomic E-state index is 0.0697. The molecule has 6 heteroatoms. The van der Waals surface area contributed by atoms with Crippen molar-refractivity contribution in [3.63, 3.8) is 0 Å². The molecule has 1 aromatic carbocycles. The van der Waals surface area contributed by atoms with E-state index in [1.165, 1.54) is 18.9 Å². The van der Waals surface area contributed by atoms with Crippen LogP contribution in [-0.4, -0.2) is 23.9 Å². The summed E-state index contributed by atoms with van der Waals surface area (Å²) in [5.41, 5.74) is 0.691. The number of rotatable bonds is 7. The fraction of sp³-hybridized carbons (Fsp3) is 0.533. The number of hydrogen-bond acceptors (Lipinski definition) is 4. The van der Waals surface area contributed by atoms with Crippen molar-refractivity contribution in [3.05, 3.63) is 33.9 Å². The van der Waals surface area contributed by atoms with Gasteiger partial charge < -0.3 is 10.6 Å². The summed E-state index contributed by atoms with van der Waals surface area (Å²) in [6.07, 6.45) is 2.47. The van der Waals surface area contributed by atoms with Gasteiger partial charge in [0.25, 0.3) is 11.6 Å². The van der Waals surface area contributed by atoms with Gasteiger partial charge in [0.15, 0.2) is 0 Å². The maximum Gasteiger partial charge on any atom is 0.293 e. The summed E-state index contributed by atoms with van der Waals surface area (Å²) in [6, 6.07) is 4.53. The quantitative estimate of drug-likeness (QED) is 0.597. The first-order valence-electron chi connectivity index (χ1n) is 7.33. The highest BCUT2D eigenvalue weighted by Gasteiger charge is 2.28. The Morgan fingerprint density at radius 3 is 2.76 bits per heavy atom. The minimum Gasteiger partial charge on any atom is -0.380 e. The fourth-order valence-electron chi connectivity index (χ4n) is 2.35. The van der Waals surface area contributed by atoms with Crippen LogP contribution in [0.15, 0.2) is 18.2 Å². The zero-order chi connectivity index (χ0) is 15.4. The normalized spacial score (nSPS) is 15.3. The Bertz CT molecular complexity index is 541. The van der Waals surface area contributed by atoms with Crippen LogP contribution < -0.4 is 10.6 Å². The van der Waals surface area contributed by atoms with Crippen LogP contribution in [0.4, 0.5) is 11.4 Å². The van der Waals surface area contributed by atoms with E-state index in [9.17, 15) is 14.9 Å². The second kappa shape index (κ2) is 6.56. The van der Waals surface area contributed by atoms with Crippen LogP contribution in [0.2, 0.25) is 0 Å². The second-order valence-corrected chi connectivity index (χ2v) is 5.54. The van der Waals surface area contributed by atoms with Crippen LogP contribution in [0.5, 0.6) is 0 Å². The van der Waals surface area contributed by atoms with Gasteiger partial charge in [0.1, 0.15) is 5.69 Å². The molecule has 0 aliphatic heterocycles. The smallest absolute Gasteiger partial charge is 0.293 e. The van der Waals surface area contributed by atoms with Crippen molar-refractivity contribution in [2.75, 3.05) is 18.4 Å². The SMILES string of the molecule is CCNc1ccc(C(=O)NCC(C)C2CC2)cc1[N+](=O)[O-]. The minimum atomic E-state index is -0.471. The molecule has 1 fully saturated rings. The molecule has 1 aromatic rings. The van der Waals surface area contributed by atoms with Crippen LogP contribution in [0.1, 0.15) is 37.0 Å². The molecule has 1 aliphatic rings. The zero-order valence-corrected chi connectivity index (χ0v) is 12.4. The summed E-state index contributed by atoms with van der Waals surface area (Å²) in [6.45, 7) is 5.19. The van der Waals surface area contributed by atoms with E-state index in [2.05, 4.69) is 17.6 Å². The first kappa shape index (κ1) is 15.3. The largest absolute Gasteiger partial charge is 0.380 e. The van der Waals surface area contributed by atoms with E-state index in [0.29, 0.717) is 30.3 Å². The Kier molecular flexibility index (Phi) is 4.77. The molecular formula is C15H21N3O3. The van der Waals surface area contributed by atoms with Gasteiger partial charge in [0, 0.05) is 24.7 Å². The maximum absolute atomic E-state index is 12.1. The van der Waals surface area contributed by atoms with E-state index in [-0.39, 0.29) is 11.6 Å². The van der Waals surface area contributed by atoms with Crippen molar-refractivity contribution in [1.82, 2.24) is 5.32 Å². The molecule has 2 rings (SSSR count). The van der Waals surface area contributed by atoms with Gasteiger partial charge in [-0.1, -0.05) is 6.92 Å². The molecule has 6 nitrogen and oxygen atoms in total. The van der Waals surface area contributed by atoms with Gasteiger partial charge in [0.2, 0.25) is 0 Å². The average Bonchev–Trinajstić information content (AvgIpc) is 3.29. The van der Waals surface area contributed by atoms with Crippen LogP contribution in [0.25, 0.3) is 0 Å². The number of hydrogen-bond donors (Lipinski definition) is 2. The molecule has 1 amide bonds. The fourth-order valence-corrected chi connectivity index (χ4v) is 2.35. The molecule has 0 saturated heterocycles. The van der Waals surface area contributed by atoms with Gasteiger partial charge in [0.05, 0.1) is 4.92 Å². The topological polar surface area (TPSA) is 84.3 Å². The Balaban J connectivity index is 2.05. The molecule has 0 heterocycles. The molecule has 0 aromatic heterocycles. The molecule has 0 spiro atoms. The monoisotopic (exact) mass is 291 g/mol. The lowest BCUT2D eigenvalue weighted by Gasteiger charge is -2.12. The van der Waals surface area contributed by atoms with E-state index in [0.717, 1.165) is 5.92 Å². The predicted octanol–water partition coefficient (Wildman–Crippen LogP) is 2.80. The molecule has 1 saturated carbocycles. The van der Waals surface area contributed by atoms with Gasteiger partial charge in [-0.3, -0.25) is 14.9 Å². The van der Waals surface area contributed by atoms with Gasteiger partial charge in [-0.15, -0.1) is 0 Å². The third-order valence-corrected chi connectivity index (χ3v) is 3.84. The van der Waals surface area contributed by atoms with Crippen molar-refractivity contribution in [3.8, 4) is 0 Å². The highest BCUT2D eigenvalue weighted by Crippen LogP contribution is 2.36. The third kappa shape index (κ3) is 3.93. The van der Waals surface area contributed by atoms with Crippen molar-refractivity contribution in [2.24, 2.45) is 11.8 Å². The summed E-state index contributed by atoms with van der Waals surface area (Å²) < 4.78 is 0. The Morgan fingerprint density at radius 2 is 2.19 bits per heavy atom. The Labute approximate surface area is 124 Å². The van der Waals surface area contributed by atoms with E-state index in [1.54, 1.807) is 12.1 Å². The van der Waals surface area contributed by atoms with Gasteiger partial charge in [-0.05, 0) is 43.7 Å². The van der Waals surface area contributed by atoms with Gasteiger partial charge in [-0.25, -0.2) is 0 Å². The highest BCUT2D eigenvalue weighted by atomic mass is 16.6. The molecule has 114 valence electrons. The van der Waals surface area contributed by atoms with Crippen LogP contribution in [-0.2, 0) is 0 Å². The summed E-state index contributed by atoms with van der Waals surface area (Å²) in [5.74, 6) is 0.925. The number of nitro groups is 1. The van der Waals surface area contributed by atoms with Crippen LogP contribution >= 0.6 is 0 Å². The first-order valence-corrected chi connectivity index (χ1v) is 7.33. The average molecular weight is 291 g/mol. The molecule has 1 atom stereocenters. The maximum atomic E-state index is 12.1. The second-order valence-electron chi connectivity index (χ2n) is 5.54. The summed E-state index contributed by atoms with van der Waals surface area (Å²) >= 11 is 0. The van der Waals surface area contributed by atoms with Crippen LogP contribution in [0.3, 0.4) is 0 Å². The lowest BCUT2D eigenvalue weighted by molar-refractivity contribution is -0.384.